The maximum Gasteiger partial charge on any atom is 0.142 e. The molecule has 0 fully saturated rings. The van der Waals surface area contributed by atoms with E-state index in [1.165, 1.54) is 0 Å². The predicted octanol–water partition coefficient (Wildman–Crippen LogP) is 1.89. The van der Waals surface area contributed by atoms with Crippen LogP contribution in [0.5, 0.6) is 5.75 Å². The Kier molecular flexibility index (Phi) is 5.44. The average molecular weight is 252 g/mol. The molecule has 18 heavy (non-hydrogen) atoms. The molecule has 0 saturated heterocycles. The van der Waals surface area contributed by atoms with Crippen LogP contribution < -0.4 is 15.4 Å². The number of anilines is 1. The van der Waals surface area contributed by atoms with Crippen LogP contribution in [0.2, 0.25) is 0 Å². The first-order valence-corrected chi connectivity index (χ1v) is 6.23. The Morgan fingerprint density at radius 3 is 2.56 bits per heavy atom. The largest absolute Gasteiger partial charge is 0.495 e. The first-order chi connectivity index (χ1) is 8.59. The van der Waals surface area contributed by atoms with E-state index >= 15 is 0 Å². The van der Waals surface area contributed by atoms with Crippen LogP contribution in [0.15, 0.2) is 24.3 Å². The van der Waals surface area contributed by atoms with Gasteiger partial charge in [0, 0.05) is 20.2 Å². The summed E-state index contributed by atoms with van der Waals surface area (Å²) in [7, 11) is 3.69. The number of hydrogen-bond donors (Lipinski definition) is 1. The molecule has 0 aromatic heterocycles. The third kappa shape index (κ3) is 3.15. The second-order valence-corrected chi connectivity index (χ2v) is 4.57. The highest BCUT2D eigenvalue weighted by atomic mass is 16.5. The van der Waals surface area contributed by atoms with Crippen LogP contribution in [0.1, 0.15) is 13.8 Å². The number of likely N-dealkylation sites (N-methyl/N-ethyl adjacent to an activating group) is 1. The van der Waals surface area contributed by atoms with E-state index in [1.807, 2.05) is 38.2 Å². The topological polar surface area (TPSA) is 47.7 Å². The van der Waals surface area contributed by atoms with Crippen LogP contribution in [0.25, 0.3) is 0 Å². The summed E-state index contributed by atoms with van der Waals surface area (Å²) >= 11 is 0. The molecular formula is C14H24N2O2. The van der Waals surface area contributed by atoms with Gasteiger partial charge in [-0.15, -0.1) is 0 Å². The van der Waals surface area contributed by atoms with E-state index in [-0.39, 0.29) is 5.54 Å². The molecule has 0 saturated carbocycles. The summed E-state index contributed by atoms with van der Waals surface area (Å²) in [6, 6.07) is 7.92. The lowest BCUT2D eigenvalue weighted by atomic mass is 10.0. The molecule has 0 aliphatic carbocycles. The van der Waals surface area contributed by atoms with Crippen molar-refractivity contribution < 1.29 is 9.47 Å². The number of nitrogens with two attached hydrogens (primary N) is 1. The molecule has 0 bridgehead atoms. The molecule has 0 spiro atoms. The fourth-order valence-corrected chi connectivity index (χ4v) is 1.81. The Balaban J connectivity index is 2.98. The number of nitrogens with zero attached hydrogens (tertiary/aromatic N) is 1. The van der Waals surface area contributed by atoms with E-state index in [2.05, 4.69) is 11.8 Å². The first kappa shape index (κ1) is 14.8. The standard InChI is InChI=1S/C14H24N2O2/c1-5-18-11-14(2,10-15)16(3)12-8-6-7-9-13(12)17-4/h6-9H,5,10-11,15H2,1-4H3. The quantitative estimate of drug-likeness (QED) is 0.805. The molecule has 1 atom stereocenters. The number of methoxy groups -OCH3 is 1. The molecule has 1 unspecified atom stereocenters. The van der Waals surface area contributed by atoms with Crippen molar-refractivity contribution in [3.05, 3.63) is 24.3 Å². The SMILES string of the molecule is CCOCC(C)(CN)N(C)c1ccccc1OC. The zero-order valence-electron chi connectivity index (χ0n) is 11.8. The van der Waals surface area contributed by atoms with Gasteiger partial charge in [-0.2, -0.15) is 0 Å². The maximum absolute atomic E-state index is 5.92. The zero-order valence-corrected chi connectivity index (χ0v) is 11.8. The van der Waals surface area contributed by atoms with Crippen molar-refractivity contribution in [1.82, 2.24) is 0 Å². The second-order valence-electron chi connectivity index (χ2n) is 4.57. The van der Waals surface area contributed by atoms with Crippen molar-refractivity contribution in [3.63, 3.8) is 0 Å². The summed E-state index contributed by atoms with van der Waals surface area (Å²) in [5, 5.41) is 0. The Morgan fingerprint density at radius 2 is 2.00 bits per heavy atom. The van der Waals surface area contributed by atoms with Crippen LogP contribution in [0.4, 0.5) is 5.69 Å². The number of para-hydroxylation sites is 2. The number of benzene rings is 1. The lowest BCUT2D eigenvalue weighted by molar-refractivity contribution is 0.102. The van der Waals surface area contributed by atoms with Gasteiger partial charge in [-0.05, 0) is 26.0 Å². The van der Waals surface area contributed by atoms with Gasteiger partial charge in [0.1, 0.15) is 5.75 Å². The fraction of sp³-hybridized carbons (Fsp3) is 0.571. The van der Waals surface area contributed by atoms with Gasteiger partial charge in [-0.25, -0.2) is 0 Å². The van der Waals surface area contributed by atoms with Crippen LogP contribution in [0, 0.1) is 0 Å². The van der Waals surface area contributed by atoms with Gasteiger partial charge >= 0.3 is 0 Å². The molecule has 0 heterocycles. The summed E-state index contributed by atoms with van der Waals surface area (Å²) in [4.78, 5) is 2.13. The molecule has 1 aromatic rings. The second kappa shape index (κ2) is 6.61. The van der Waals surface area contributed by atoms with E-state index < -0.39 is 0 Å². The Bertz CT molecular complexity index is 371. The van der Waals surface area contributed by atoms with Gasteiger partial charge in [-0.1, -0.05) is 12.1 Å². The van der Waals surface area contributed by atoms with Crippen LogP contribution in [-0.4, -0.2) is 39.5 Å². The van der Waals surface area contributed by atoms with Crippen LogP contribution in [-0.2, 0) is 4.74 Å². The van der Waals surface area contributed by atoms with E-state index in [4.69, 9.17) is 15.2 Å². The van der Waals surface area contributed by atoms with E-state index in [1.54, 1.807) is 7.11 Å². The number of rotatable bonds is 7. The normalized spacial score (nSPS) is 14.1. The van der Waals surface area contributed by atoms with Gasteiger partial charge in [0.05, 0.1) is 24.9 Å². The number of hydrogen-bond acceptors (Lipinski definition) is 4. The van der Waals surface area contributed by atoms with Crippen molar-refractivity contribution in [3.8, 4) is 5.75 Å². The highest BCUT2D eigenvalue weighted by molar-refractivity contribution is 5.59. The summed E-state index contributed by atoms with van der Waals surface area (Å²) in [5.41, 5.74) is 6.69. The average Bonchev–Trinajstić information content (AvgIpc) is 2.43. The third-order valence-electron chi connectivity index (χ3n) is 3.31. The van der Waals surface area contributed by atoms with Gasteiger partial charge < -0.3 is 20.1 Å². The van der Waals surface area contributed by atoms with Gasteiger partial charge in [0.25, 0.3) is 0 Å². The molecule has 0 amide bonds. The molecular weight excluding hydrogens is 228 g/mol. The lowest BCUT2D eigenvalue weighted by Gasteiger charge is -2.39. The Hall–Kier alpha value is -1.26. The molecule has 1 aromatic carbocycles. The Labute approximate surface area is 110 Å². The summed E-state index contributed by atoms with van der Waals surface area (Å²) in [6.45, 7) is 5.88. The molecule has 0 aliphatic rings. The molecule has 2 N–H and O–H groups in total. The van der Waals surface area contributed by atoms with Crippen LogP contribution in [0.3, 0.4) is 0 Å². The smallest absolute Gasteiger partial charge is 0.142 e. The highest BCUT2D eigenvalue weighted by Crippen LogP contribution is 2.31. The number of ether oxygens (including phenoxy) is 2. The van der Waals surface area contributed by atoms with E-state index in [0.29, 0.717) is 19.8 Å². The minimum atomic E-state index is -0.245. The van der Waals surface area contributed by atoms with E-state index in [0.717, 1.165) is 11.4 Å². The molecule has 102 valence electrons. The Morgan fingerprint density at radius 1 is 1.33 bits per heavy atom. The van der Waals surface area contributed by atoms with Gasteiger partial charge in [-0.3, -0.25) is 0 Å². The monoisotopic (exact) mass is 252 g/mol. The van der Waals surface area contributed by atoms with Crippen molar-refractivity contribution in [1.29, 1.82) is 0 Å². The summed E-state index contributed by atoms with van der Waals surface area (Å²) in [5.74, 6) is 0.844. The van der Waals surface area contributed by atoms with Gasteiger partial charge in [0.2, 0.25) is 0 Å². The van der Waals surface area contributed by atoms with Crippen molar-refractivity contribution in [2.24, 2.45) is 5.73 Å². The van der Waals surface area contributed by atoms with Crippen molar-refractivity contribution >= 4 is 5.69 Å². The summed E-state index contributed by atoms with van der Waals surface area (Å²) < 4.78 is 10.9. The molecule has 0 aliphatic heterocycles. The zero-order chi connectivity index (χ0) is 13.6. The van der Waals surface area contributed by atoms with Crippen LogP contribution >= 0.6 is 0 Å². The minimum absolute atomic E-state index is 0.245. The molecule has 0 radical (unpaired) electrons. The first-order valence-electron chi connectivity index (χ1n) is 6.23. The van der Waals surface area contributed by atoms with Crippen molar-refractivity contribution in [2.45, 2.75) is 19.4 Å². The summed E-state index contributed by atoms with van der Waals surface area (Å²) in [6.07, 6.45) is 0. The minimum Gasteiger partial charge on any atom is -0.495 e. The molecule has 4 heteroatoms. The molecule has 4 nitrogen and oxygen atoms in total. The van der Waals surface area contributed by atoms with Gasteiger partial charge in [0.15, 0.2) is 0 Å². The van der Waals surface area contributed by atoms with E-state index in [9.17, 15) is 0 Å². The third-order valence-corrected chi connectivity index (χ3v) is 3.31. The lowest BCUT2D eigenvalue weighted by Crippen LogP contribution is -2.53. The predicted molar refractivity (Wildman–Crippen MR) is 75.3 cm³/mol. The maximum atomic E-state index is 5.92. The van der Waals surface area contributed by atoms with Crippen molar-refractivity contribution in [2.75, 3.05) is 38.8 Å². The fourth-order valence-electron chi connectivity index (χ4n) is 1.81. The highest BCUT2D eigenvalue weighted by Gasteiger charge is 2.29. The molecule has 1 rings (SSSR count).